The quantitative estimate of drug-likeness (QED) is 0.514. The molecule has 0 aliphatic rings. The van der Waals surface area contributed by atoms with E-state index in [0.717, 1.165) is 11.1 Å². The maximum Gasteiger partial charge on any atom is 0.227 e. The summed E-state index contributed by atoms with van der Waals surface area (Å²) >= 11 is 0. The molecule has 1 heterocycles. The second-order valence-corrected chi connectivity index (χ2v) is 5.26. The Bertz CT molecular complexity index is 972. The summed E-state index contributed by atoms with van der Waals surface area (Å²) in [5.41, 5.74) is 3.54. The average Bonchev–Trinajstić information content (AvgIpc) is 3.06. The number of rotatable bonds is 3. The second-order valence-electron chi connectivity index (χ2n) is 5.26. The molecule has 4 rings (SSSR count). The van der Waals surface area contributed by atoms with Gasteiger partial charge in [0.2, 0.25) is 5.89 Å². The Morgan fingerprint density at radius 1 is 0.783 bits per heavy atom. The molecule has 0 fully saturated rings. The minimum atomic E-state index is -0.0230. The first-order valence-electron chi connectivity index (χ1n) is 7.37. The lowest BCUT2D eigenvalue weighted by molar-refractivity contribution is 0.103. The molecule has 0 spiro atoms. The summed E-state index contributed by atoms with van der Waals surface area (Å²) < 4.78 is 5.82. The first kappa shape index (κ1) is 13.5. The van der Waals surface area contributed by atoms with Crippen molar-refractivity contribution in [2.24, 2.45) is 0 Å². The molecule has 0 atom stereocenters. The molecule has 0 N–H and O–H groups in total. The molecule has 3 aromatic carbocycles. The summed E-state index contributed by atoms with van der Waals surface area (Å²) in [5, 5.41) is 0. The highest BCUT2D eigenvalue weighted by Gasteiger charge is 2.13. The molecule has 23 heavy (non-hydrogen) atoms. The molecular formula is C20H13NO2. The van der Waals surface area contributed by atoms with E-state index < -0.39 is 0 Å². The predicted octanol–water partition coefficient (Wildman–Crippen LogP) is 4.73. The third-order valence-electron chi connectivity index (χ3n) is 3.71. The summed E-state index contributed by atoms with van der Waals surface area (Å²) in [5.74, 6) is 0.537. The van der Waals surface area contributed by atoms with E-state index in [1.807, 2.05) is 66.7 Å². The highest BCUT2D eigenvalue weighted by molar-refractivity contribution is 6.10. The zero-order valence-electron chi connectivity index (χ0n) is 12.3. The van der Waals surface area contributed by atoms with E-state index >= 15 is 0 Å². The number of carbonyl (C=O) groups excluding carboxylic acids is 1. The maximum atomic E-state index is 12.5. The normalized spacial score (nSPS) is 10.8. The Morgan fingerprint density at radius 3 is 2.22 bits per heavy atom. The van der Waals surface area contributed by atoms with E-state index in [1.165, 1.54) is 0 Å². The largest absolute Gasteiger partial charge is 0.436 e. The van der Waals surface area contributed by atoms with Crippen LogP contribution in [0.3, 0.4) is 0 Å². The highest BCUT2D eigenvalue weighted by atomic mass is 16.3. The van der Waals surface area contributed by atoms with Gasteiger partial charge < -0.3 is 4.42 Å². The SMILES string of the molecule is O=C(c1ccccc1)c1ccc2nc(-c3ccccc3)oc2c1. The minimum Gasteiger partial charge on any atom is -0.436 e. The topological polar surface area (TPSA) is 43.1 Å². The Balaban J connectivity index is 1.75. The molecule has 0 saturated carbocycles. The first-order chi connectivity index (χ1) is 11.3. The molecule has 3 heteroatoms. The highest BCUT2D eigenvalue weighted by Crippen LogP contribution is 2.25. The third kappa shape index (κ3) is 2.53. The number of hydrogen-bond acceptors (Lipinski definition) is 3. The van der Waals surface area contributed by atoms with E-state index in [9.17, 15) is 4.79 Å². The number of hydrogen-bond donors (Lipinski definition) is 0. The molecule has 0 aliphatic heterocycles. The van der Waals surface area contributed by atoms with Crippen LogP contribution in [0.2, 0.25) is 0 Å². The van der Waals surface area contributed by atoms with Crippen LogP contribution in [-0.4, -0.2) is 10.8 Å². The van der Waals surface area contributed by atoms with Crippen molar-refractivity contribution in [2.75, 3.05) is 0 Å². The lowest BCUT2D eigenvalue weighted by Crippen LogP contribution is -2.00. The smallest absolute Gasteiger partial charge is 0.227 e. The van der Waals surface area contributed by atoms with Crippen LogP contribution in [0.1, 0.15) is 15.9 Å². The molecule has 0 bridgehead atoms. The number of oxazole rings is 1. The van der Waals surface area contributed by atoms with Crippen LogP contribution in [-0.2, 0) is 0 Å². The van der Waals surface area contributed by atoms with Crippen molar-refractivity contribution in [3.63, 3.8) is 0 Å². The van der Waals surface area contributed by atoms with Gasteiger partial charge in [-0.2, -0.15) is 0 Å². The van der Waals surface area contributed by atoms with Crippen LogP contribution < -0.4 is 0 Å². The molecule has 0 aliphatic carbocycles. The van der Waals surface area contributed by atoms with Gasteiger partial charge in [0, 0.05) is 16.7 Å². The summed E-state index contributed by atoms with van der Waals surface area (Å²) in [6.45, 7) is 0. The first-order valence-corrected chi connectivity index (χ1v) is 7.37. The Morgan fingerprint density at radius 2 is 1.48 bits per heavy atom. The molecular weight excluding hydrogens is 286 g/mol. The number of benzene rings is 3. The van der Waals surface area contributed by atoms with Crippen molar-refractivity contribution in [1.29, 1.82) is 0 Å². The second kappa shape index (κ2) is 5.54. The van der Waals surface area contributed by atoms with Gasteiger partial charge in [0.15, 0.2) is 11.4 Å². The zero-order chi connectivity index (χ0) is 15.6. The molecule has 4 aromatic rings. The van der Waals surface area contributed by atoms with Crippen LogP contribution in [0.15, 0.2) is 83.3 Å². The van der Waals surface area contributed by atoms with Crippen molar-refractivity contribution in [3.8, 4) is 11.5 Å². The number of aromatic nitrogens is 1. The molecule has 0 amide bonds. The predicted molar refractivity (Wildman–Crippen MR) is 89.3 cm³/mol. The third-order valence-corrected chi connectivity index (χ3v) is 3.71. The number of carbonyl (C=O) groups is 1. The van der Waals surface area contributed by atoms with Gasteiger partial charge in [0.1, 0.15) is 5.52 Å². The van der Waals surface area contributed by atoms with E-state index in [0.29, 0.717) is 22.6 Å². The summed E-state index contributed by atoms with van der Waals surface area (Å²) in [7, 11) is 0. The van der Waals surface area contributed by atoms with Gasteiger partial charge in [-0.3, -0.25) is 4.79 Å². The van der Waals surface area contributed by atoms with E-state index in [4.69, 9.17) is 4.42 Å². The van der Waals surface area contributed by atoms with Crippen molar-refractivity contribution in [1.82, 2.24) is 4.98 Å². The van der Waals surface area contributed by atoms with Gasteiger partial charge in [-0.05, 0) is 30.3 Å². The molecule has 0 radical (unpaired) electrons. The van der Waals surface area contributed by atoms with Gasteiger partial charge in [0.05, 0.1) is 0 Å². The average molecular weight is 299 g/mol. The zero-order valence-corrected chi connectivity index (χ0v) is 12.3. The summed E-state index contributed by atoms with van der Waals surface area (Å²) in [4.78, 5) is 17.0. The lowest BCUT2D eigenvalue weighted by atomic mass is 10.0. The number of ketones is 1. The van der Waals surface area contributed by atoms with E-state index in [2.05, 4.69) is 4.98 Å². The summed E-state index contributed by atoms with van der Waals surface area (Å²) in [6, 6.07) is 24.3. The Kier molecular flexibility index (Phi) is 3.24. The van der Waals surface area contributed by atoms with Crippen LogP contribution >= 0.6 is 0 Å². The van der Waals surface area contributed by atoms with E-state index in [1.54, 1.807) is 12.1 Å². The lowest BCUT2D eigenvalue weighted by Gasteiger charge is -2.00. The Labute approximate surface area is 133 Å². The molecule has 3 nitrogen and oxygen atoms in total. The van der Waals surface area contributed by atoms with Gasteiger partial charge in [-0.1, -0.05) is 48.5 Å². The molecule has 0 unspecified atom stereocenters. The van der Waals surface area contributed by atoms with Gasteiger partial charge in [-0.15, -0.1) is 0 Å². The fourth-order valence-electron chi connectivity index (χ4n) is 2.53. The fourth-order valence-corrected chi connectivity index (χ4v) is 2.53. The van der Waals surface area contributed by atoms with E-state index in [-0.39, 0.29) is 5.78 Å². The fraction of sp³-hybridized carbons (Fsp3) is 0. The monoisotopic (exact) mass is 299 g/mol. The van der Waals surface area contributed by atoms with Gasteiger partial charge in [-0.25, -0.2) is 4.98 Å². The van der Waals surface area contributed by atoms with Crippen molar-refractivity contribution in [3.05, 3.63) is 90.0 Å². The van der Waals surface area contributed by atoms with Crippen molar-refractivity contribution >= 4 is 16.9 Å². The molecule has 1 aromatic heterocycles. The van der Waals surface area contributed by atoms with Crippen LogP contribution in [0.4, 0.5) is 0 Å². The number of nitrogens with zero attached hydrogens (tertiary/aromatic N) is 1. The van der Waals surface area contributed by atoms with Crippen LogP contribution in [0.25, 0.3) is 22.6 Å². The van der Waals surface area contributed by atoms with Crippen molar-refractivity contribution in [2.45, 2.75) is 0 Å². The standard InChI is InChI=1S/C20H13NO2/c22-19(14-7-3-1-4-8-14)16-11-12-17-18(13-16)23-20(21-17)15-9-5-2-6-10-15/h1-13H. The molecule has 110 valence electrons. The van der Waals surface area contributed by atoms with Crippen molar-refractivity contribution < 1.29 is 9.21 Å². The van der Waals surface area contributed by atoms with Gasteiger partial charge in [0.25, 0.3) is 0 Å². The Hall–Kier alpha value is -3.20. The molecule has 0 saturated heterocycles. The minimum absolute atomic E-state index is 0.0230. The van der Waals surface area contributed by atoms with Gasteiger partial charge >= 0.3 is 0 Å². The van der Waals surface area contributed by atoms with Crippen LogP contribution in [0.5, 0.6) is 0 Å². The number of fused-ring (bicyclic) bond motifs is 1. The van der Waals surface area contributed by atoms with Crippen LogP contribution in [0, 0.1) is 0 Å². The summed E-state index contributed by atoms with van der Waals surface area (Å²) in [6.07, 6.45) is 0. The maximum absolute atomic E-state index is 12.5.